The minimum Gasteiger partial charge on any atom is -0.480 e. The minimum absolute atomic E-state index is 0.0905. The summed E-state index contributed by atoms with van der Waals surface area (Å²) in [5.74, 6) is -1.01. The zero-order valence-electron chi connectivity index (χ0n) is 16.1. The van der Waals surface area contributed by atoms with Gasteiger partial charge < -0.3 is 10.4 Å². The molecule has 0 spiro atoms. The molecule has 2 aromatic carbocycles. The van der Waals surface area contributed by atoms with E-state index in [1.165, 1.54) is 18.0 Å². The van der Waals surface area contributed by atoms with Crippen molar-refractivity contribution in [3.05, 3.63) is 71.8 Å². The number of rotatable bonds is 8. The maximum absolute atomic E-state index is 11.6. The van der Waals surface area contributed by atoms with Gasteiger partial charge in [0.05, 0.1) is 6.21 Å². The summed E-state index contributed by atoms with van der Waals surface area (Å²) in [4.78, 5) is 11.6. The summed E-state index contributed by atoms with van der Waals surface area (Å²) in [5, 5.41) is 20.7. The third kappa shape index (κ3) is 8.27. The Labute approximate surface area is 190 Å². The number of aliphatic carboxylic acids is 1. The lowest BCUT2D eigenvalue weighted by molar-refractivity contribution is -0.139. The van der Waals surface area contributed by atoms with E-state index in [9.17, 15) is 9.90 Å². The predicted octanol–water partition coefficient (Wildman–Crippen LogP) is 2.77. The van der Waals surface area contributed by atoms with Crippen molar-refractivity contribution in [2.24, 2.45) is 10.2 Å². The van der Waals surface area contributed by atoms with E-state index in [0.29, 0.717) is 10.0 Å². The van der Waals surface area contributed by atoms with Crippen molar-refractivity contribution in [2.45, 2.75) is 12.5 Å². The third-order valence-corrected chi connectivity index (χ3v) is 5.02. The molecule has 10 heteroatoms. The summed E-state index contributed by atoms with van der Waals surface area (Å²) in [6, 6.07) is 17.8. The fraction of sp³-hybridized carbons (Fsp3) is 0.150. The molecule has 0 aliphatic rings. The van der Waals surface area contributed by atoms with Gasteiger partial charge in [0.15, 0.2) is 9.43 Å². The van der Waals surface area contributed by atoms with Gasteiger partial charge in [-0.05, 0) is 24.0 Å². The monoisotopic (exact) mass is 459 g/mol. The Morgan fingerprint density at radius 1 is 1.10 bits per heavy atom. The van der Waals surface area contributed by atoms with Gasteiger partial charge in [-0.25, -0.2) is 4.79 Å². The molecule has 2 rings (SSSR count). The second kappa shape index (κ2) is 12.7. The lowest BCUT2D eigenvalue weighted by Gasteiger charge is -2.16. The highest BCUT2D eigenvalue weighted by atomic mass is 32.2. The van der Waals surface area contributed by atoms with Gasteiger partial charge in [0, 0.05) is 12.0 Å². The Hall–Kier alpha value is -2.82. The topological polar surface area (TPSA) is 98.1 Å². The molecule has 1 atom stereocenters. The zero-order valence-corrected chi connectivity index (χ0v) is 18.6. The summed E-state index contributed by atoms with van der Waals surface area (Å²) >= 11 is 11.6. The minimum atomic E-state index is -1.01. The van der Waals surface area contributed by atoms with Crippen LogP contribution < -0.4 is 16.2 Å². The molecule has 0 amide bonds. The van der Waals surface area contributed by atoms with Gasteiger partial charge in [0.25, 0.3) is 0 Å². The van der Waals surface area contributed by atoms with Gasteiger partial charge in [0.1, 0.15) is 11.8 Å². The predicted molar refractivity (Wildman–Crippen MR) is 131 cm³/mol. The number of nitrogens with zero attached hydrogens (tertiary/aromatic N) is 2. The van der Waals surface area contributed by atoms with Crippen LogP contribution in [0.25, 0.3) is 0 Å². The molecule has 0 radical (unpaired) electrons. The quantitative estimate of drug-likeness (QED) is 0.272. The maximum atomic E-state index is 11.6. The standard InChI is InChI=1S/C20H21N5O2S3/c1-30-20(29)25-21-13-17(15-10-6-3-7-11-15)23-24-19(28)22-16(18(26)27)12-14-8-4-2-5-9-14/h2-11,13,16H,12H2,1H3,(H,25,29)(H,26,27)(H2,22,24,28). The summed E-state index contributed by atoms with van der Waals surface area (Å²) < 4.78 is 0.522. The number of hydrazone groups is 2. The highest BCUT2D eigenvalue weighted by Gasteiger charge is 2.18. The Morgan fingerprint density at radius 2 is 1.73 bits per heavy atom. The molecule has 0 saturated heterocycles. The fourth-order valence-electron chi connectivity index (χ4n) is 2.32. The van der Waals surface area contributed by atoms with Gasteiger partial charge >= 0.3 is 5.97 Å². The number of carboxylic acids is 1. The van der Waals surface area contributed by atoms with Crippen LogP contribution in [0.5, 0.6) is 0 Å². The zero-order chi connectivity index (χ0) is 21.8. The molecule has 4 N–H and O–H groups in total. The van der Waals surface area contributed by atoms with Crippen LogP contribution in [-0.2, 0) is 11.2 Å². The molecule has 0 aromatic heterocycles. The van der Waals surface area contributed by atoms with E-state index in [1.807, 2.05) is 66.9 Å². The molecule has 0 aliphatic carbocycles. The Balaban J connectivity index is 2.07. The van der Waals surface area contributed by atoms with Crippen molar-refractivity contribution in [2.75, 3.05) is 6.26 Å². The van der Waals surface area contributed by atoms with Crippen LogP contribution in [0.1, 0.15) is 11.1 Å². The summed E-state index contributed by atoms with van der Waals surface area (Å²) in [6.45, 7) is 0. The largest absolute Gasteiger partial charge is 0.480 e. The molecule has 156 valence electrons. The van der Waals surface area contributed by atoms with E-state index < -0.39 is 12.0 Å². The van der Waals surface area contributed by atoms with Crippen molar-refractivity contribution in [1.82, 2.24) is 16.2 Å². The van der Waals surface area contributed by atoms with Crippen molar-refractivity contribution in [1.29, 1.82) is 0 Å². The molecule has 2 aromatic rings. The van der Waals surface area contributed by atoms with Crippen molar-refractivity contribution in [3.8, 4) is 0 Å². The van der Waals surface area contributed by atoms with Crippen LogP contribution >= 0.6 is 36.2 Å². The van der Waals surface area contributed by atoms with Gasteiger partial charge in [-0.1, -0.05) is 84.6 Å². The molecular formula is C20H21N5O2S3. The van der Waals surface area contributed by atoms with E-state index in [2.05, 4.69) is 26.4 Å². The molecule has 30 heavy (non-hydrogen) atoms. The highest BCUT2D eigenvalue weighted by molar-refractivity contribution is 8.22. The van der Waals surface area contributed by atoms with Gasteiger partial charge in [-0.3, -0.25) is 10.9 Å². The van der Waals surface area contributed by atoms with Crippen molar-refractivity contribution >= 4 is 63.5 Å². The van der Waals surface area contributed by atoms with Crippen molar-refractivity contribution in [3.63, 3.8) is 0 Å². The lowest BCUT2D eigenvalue weighted by Crippen LogP contribution is -2.46. The first-order chi connectivity index (χ1) is 14.5. The van der Waals surface area contributed by atoms with E-state index in [0.717, 1.165) is 11.1 Å². The molecule has 7 nitrogen and oxygen atoms in total. The number of hydrogen-bond acceptors (Lipinski definition) is 6. The SMILES string of the molecule is CSC(=S)NN=CC(=NNC(=S)NC(Cc1ccccc1)C(=O)O)c1ccccc1. The average molecular weight is 460 g/mol. The van der Waals surface area contributed by atoms with E-state index >= 15 is 0 Å². The first-order valence-electron chi connectivity index (χ1n) is 8.83. The van der Waals surface area contributed by atoms with Crippen LogP contribution in [0.2, 0.25) is 0 Å². The number of benzene rings is 2. The van der Waals surface area contributed by atoms with Gasteiger partial charge in [-0.2, -0.15) is 10.2 Å². The van der Waals surface area contributed by atoms with Gasteiger partial charge in [-0.15, -0.1) is 0 Å². The van der Waals surface area contributed by atoms with Crippen LogP contribution in [0, 0.1) is 0 Å². The van der Waals surface area contributed by atoms with Crippen LogP contribution in [0.15, 0.2) is 70.9 Å². The van der Waals surface area contributed by atoms with Crippen LogP contribution in [0.3, 0.4) is 0 Å². The normalized spacial score (nSPS) is 12.2. The van der Waals surface area contributed by atoms with Crippen LogP contribution in [-0.4, -0.2) is 44.7 Å². The maximum Gasteiger partial charge on any atom is 0.326 e. The molecular weight excluding hydrogens is 438 g/mol. The number of thiocarbonyl (C=S) groups is 2. The molecule has 0 saturated carbocycles. The number of carbonyl (C=O) groups is 1. The Kier molecular flexibility index (Phi) is 9.92. The summed E-state index contributed by atoms with van der Waals surface area (Å²) in [7, 11) is 0. The lowest BCUT2D eigenvalue weighted by atomic mass is 10.1. The molecule has 0 bridgehead atoms. The number of hydrogen-bond donors (Lipinski definition) is 4. The second-order valence-electron chi connectivity index (χ2n) is 5.89. The number of nitrogens with one attached hydrogen (secondary N) is 3. The number of carboxylic acid groups (broad SMARTS) is 1. The smallest absolute Gasteiger partial charge is 0.326 e. The van der Waals surface area contributed by atoms with E-state index in [1.54, 1.807) is 0 Å². The highest BCUT2D eigenvalue weighted by Crippen LogP contribution is 2.04. The summed E-state index contributed by atoms with van der Waals surface area (Å²) in [5.41, 5.74) is 7.59. The Morgan fingerprint density at radius 3 is 2.33 bits per heavy atom. The summed E-state index contributed by atoms with van der Waals surface area (Å²) in [6.07, 6.45) is 3.63. The second-order valence-corrected chi connectivity index (χ2v) is 7.78. The Bertz CT molecular complexity index is 921. The molecule has 1 unspecified atom stereocenters. The number of thioether (sulfide) groups is 1. The van der Waals surface area contributed by atoms with E-state index in [-0.39, 0.29) is 11.5 Å². The molecule has 0 heterocycles. The molecule has 0 fully saturated rings. The van der Waals surface area contributed by atoms with Crippen molar-refractivity contribution < 1.29 is 9.90 Å². The first kappa shape index (κ1) is 23.5. The first-order valence-corrected chi connectivity index (χ1v) is 10.9. The fourth-order valence-corrected chi connectivity index (χ4v) is 2.70. The average Bonchev–Trinajstić information content (AvgIpc) is 2.76. The van der Waals surface area contributed by atoms with Crippen LogP contribution in [0.4, 0.5) is 0 Å². The van der Waals surface area contributed by atoms with E-state index in [4.69, 9.17) is 24.4 Å². The molecule has 0 aliphatic heterocycles. The van der Waals surface area contributed by atoms with Gasteiger partial charge in [0.2, 0.25) is 0 Å². The third-order valence-electron chi connectivity index (χ3n) is 3.76.